The Morgan fingerprint density at radius 1 is 0.967 bits per heavy atom. The van der Waals surface area contributed by atoms with Crippen LogP contribution in [0.1, 0.15) is 22.5 Å². The van der Waals surface area contributed by atoms with Crippen molar-refractivity contribution in [3.63, 3.8) is 0 Å². The van der Waals surface area contributed by atoms with Gasteiger partial charge in [0.25, 0.3) is 0 Å². The highest BCUT2D eigenvalue weighted by molar-refractivity contribution is 5.70. The van der Waals surface area contributed by atoms with E-state index in [0.717, 1.165) is 48.6 Å². The van der Waals surface area contributed by atoms with Gasteiger partial charge in [0, 0.05) is 57.2 Å². The highest BCUT2D eigenvalue weighted by Crippen LogP contribution is 2.16. The molecular formula is C23H25N5O2. The average Bonchev–Trinajstić information content (AvgIpc) is 2.78. The van der Waals surface area contributed by atoms with Gasteiger partial charge in [0.1, 0.15) is 12.1 Å². The molecule has 0 radical (unpaired) electrons. The summed E-state index contributed by atoms with van der Waals surface area (Å²) in [5.41, 5.74) is 4.28. The van der Waals surface area contributed by atoms with Crippen molar-refractivity contribution in [2.24, 2.45) is 0 Å². The molecule has 1 saturated heterocycles. The van der Waals surface area contributed by atoms with Crippen molar-refractivity contribution in [3.8, 4) is 5.75 Å². The van der Waals surface area contributed by atoms with E-state index in [4.69, 9.17) is 4.74 Å². The summed E-state index contributed by atoms with van der Waals surface area (Å²) >= 11 is 0. The molecule has 3 aromatic rings. The van der Waals surface area contributed by atoms with Crippen molar-refractivity contribution in [3.05, 3.63) is 83.7 Å². The number of pyridine rings is 1. The van der Waals surface area contributed by atoms with Crippen LogP contribution >= 0.6 is 0 Å². The second kappa shape index (κ2) is 9.45. The number of carbonyl (C=O) groups is 1. The number of carbonyl (C=O) groups excluding carboxylic acids is 1. The molecule has 0 N–H and O–H groups in total. The highest BCUT2D eigenvalue weighted by atomic mass is 16.6. The average molecular weight is 403 g/mol. The van der Waals surface area contributed by atoms with E-state index in [2.05, 4.69) is 25.9 Å². The van der Waals surface area contributed by atoms with Crippen LogP contribution in [0.15, 0.2) is 61.2 Å². The number of aryl methyl sites for hydroxylation is 1. The van der Waals surface area contributed by atoms with Gasteiger partial charge in [0.05, 0.1) is 5.69 Å². The molecule has 0 atom stereocenters. The maximum Gasteiger partial charge on any atom is 0.415 e. The summed E-state index contributed by atoms with van der Waals surface area (Å²) in [6.45, 7) is 5.66. The molecule has 1 aliphatic rings. The molecule has 1 aliphatic heterocycles. The predicted molar refractivity (Wildman–Crippen MR) is 113 cm³/mol. The van der Waals surface area contributed by atoms with E-state index in [1.165, 1.54) is 0 Å². The Morgan fingerprint density at radius 2 is 1.77 bits per heavy atom. The number of hydrogen-bond acceptors (Lipinski definition) is 6. The van der Waals surface area contributed by atoms with Crippen molar-refractivity contribution in [2.75, 3.05) is 26.2 Å². The van der Waals surface area contributed by atoms with Gasteiger partial charge < -0.3 is 9.64 Å². The van der Waals surface area contributed by atoms with Gasteiger partial charge in [0.2, 0.25) is 0 Å². The van der Waals surface area contributed by atoms with Crippen LogP contribution in [0.4, 0.5) is 4.79 Å². The molecule has 0 saturated carbocycles. The fraction of sp³-hybridized carbons (Fsp3) is 0.304. The van der Waals surface area contributed by atoms with Crippen LogP contribution in [0.2, 0.25) is 0 Å². The van der Waals surface area contributed by atoms with Crippen LogP contribution in [0.25, 0.3) is 0 Å². The first-order valence-electron chi connectivity index (χ1n) is 10.1. The maximum atomic E-state index is 12.5. The topological polar surface area (TPSA) is 71.5 Å². The molecule has 154 valence electrons. The minimum atomic E-state index is -0.301. The summed E-state index contributed by atoms with van der Waals surface area (Å²) in [5.74, 6) is 0.559. The largest absolute Gasteiger partial charge is 0.415 e. The van der Waals surface area contributed by atoms with Crippen molar-refractivity contribution in [2.45, 2.75) is 19.9 Å². The van der Waals surface area contributed by atoms with Crippen molar-refractivity contribution in [1.82, 2.24) is 24.8 Å². The third kappa shape index (κ3) is 5.39. The fourth-order valence-electron chi connectivity index (χ4n) is 3.38. The number of ether oxygens (including phenoxy) is 1. The number of hydrogen-bond donors (Lipinski definition) is 0. The van der Waals surface area contributed by atoms with E-state index in [1.807, 2.05) is 49.5 Å². The van der Waals surface area contributed by atoms with Gasteiger partial charge in [-0.25, -0.2) is 14.8 Å². The minimum Gasteiger partial charge on any atom is -0.410 e. The third-order valence-corrected chi connectivity index (χ3v) is 5.15. The molecule has 1 fully saturated rings. The van der Waals surface area contributed by atoms with E-state index in [0.29, 0.717) is 18.8 Å². The van der Waals surface area contributed by atoms with Gasteiger partial charge in [0.15, 0.2) is 0 Å². The molecule has 7 nitrogen and oxygen atoms in total. The molecule has 7 heteroatoms. The number of benzene rings is 1. The normalized spacial score (nSPS) is 14.5. The lowest BCUT2D eigenvalue weighted by Gasteiger charge is -2.33. The Labute approximate surface area is 176 Å². The molecule has 0 spiro atoms. The molecule has 0 bridgehead atoms. The molecule has 2 aromatic heterocycles. The molecule has 0 aliphatic carbocycles. The van der Waals surface area contributed by atoms with E-state index in [1.54, 1.807) is 17.4 Å². The standard InChI is InChI=1S/C23H25N5O2/c1-18-2-5-20(25-15-18)14-19-3-6-22(7-4-19)30-23(29)28-12-10-27(11-13-28)16-21-8-9-24-17-26-21/h2-9,15,17H,10-14,16H2,1H3. The number of nitrogens with zero attached hydrogens (tertiary/aromatic N) is 5. The lowest BCUT2D eigenvalue weighted by Crippen LogP contribution is -2.49. The monoisotopic (exact) mass is 403 g/mol. The van der Waals surface area contributed by atoms with Gasteiger partial charge in [-0.05, 0) is 42.3 Å². The van der Waals surface area contributed by atoms with Crippen LogP contribution in [-0.4, -0.2) is 57.0 Å². The summed E-state index contributed by atoms with van der Waals surface area (Å²) in [6.07, 6.45) is 5.63. The van der Waals surface area contributed by atoms with E-state index in [9.17, 15) is 4.79 Å². The number of amides is 1. The van der Waals surface area contributed by atoms with Gasteiger partial charge in [-0.1, -0.05) is 18.2 Å². The van der Waals surface area contributed by atoms with E-state index in [-0.39, 0.29) is 6.09 Å². The summed E-state index contributed by atoms with van der Waals surface area (Å²) in [6, 6.07) is 13.6. The number of piperazine rings is 1. The van der Waals surface area contributed by atoms with Crippen LogP contribution in [0.3, 0.4) is 0 Å². The Balaban J connectivity index is 1.25. The third-order valence-electron chi connectivity index (χ3n) is 5.15. The minimum absolute atomic E-state index is 0.301. The van der Waals surface area contributed by atoms with E-state index >= 15 is 0 Å². The zero-order valence-corrected chi connectivity index (χ0v) is 17.1. The molecule has 1 amide bonds. The van der Waals surface area contributed by atoms with Crippen LogP contribution < -0.4 is 4.74 Å². The summed E-state index contributed by atoms with van der Waals surface area (Å²) < 4.78 is 5.56. The predicted octanol–water partition coefficient (Wildman–Crippen LogP) is 3.09. The molecule has 30 heavy (non-hydrogen) atoms. The highest BCUT2D eigenvalue weighted by Gasteiger charge is 2.22. The first-order chi connectivity index (χ1) is 14.7. The quantitative estimate of drug-likeness (QED) is 0.652. The van der Waals surface area contributed by atoms with Crippen LogP contribution in [-0.2, 0) is 13.0 Å². The van der Waals surface area contributed by atoms with Crippen LogP contribution in [0, 0.1) is 6.92 Å². The maximum absolute atomic E-state index is 12.5. The summed E-state index contributed by atoms with van der Waals surface area (Å²) in [7, 11) is 0. The molecular weight excluding hydrogens is 378 g/mol. The molecule has 4 rings (SSSR count). The van der Waals surface area contributed by atoms with Gasteiger partial charge >= 0.3 is 6.09 Å². The van der Waals surface area contributed by atoms with E-state index < -0.39 is 0 Å². The fourth-order valence-corrected chi connectivity index (χ4v) is 3.38. The number of rotatable bonds is 5. The Bertz CT molecular complexity index is 953. The molecule has 1 aromatic carbocycles. The number of aromatic nitrogens is 3. The Morgan fingerprint density at radius 3 is 2.43 bits per heavy atom. The second-order valence-corrected chi connectivity index (χ2v) is 7.48. The Hall–Kier alpha value is -3.32. The van der Waals surface area contributed by atoms with Crippen molar-refractivity contribution in [1.29, 1.82) is 0 Å². The van der Waals surface area contributed by atoms with Gasteiger partial charge in [-0.3, -0.25) is 9.88 Å². The first-order valence-corrected chi connectivity index (χ1v) is 10.1. The zero-order valence-electron chi connectivity index (χ0n) is 17.1. The smallest absolute Gasteiger partial charge is 0.410 e. The summed E-state index contributed by atoms with van der Waals surface area (Å²) in [4.78, 5) is 29.2. The molecule has 3 heterocycles. The lowest BCUT2D eigenvalue weighted by atomic mass is 10.1. The molecule has 0 unspecified atom stereocenters. The zero-order chi connectivity index (χ0) is 20.8. The van der Waals surface area contributed by atoms with Gasteiger partial charge in [-0.15, -0.1) is 0 Å². The SMILES string of the molecule is Cc1ccc(Cc2ccc(OC(=O)N3CCN(Cc4ccncn4)CC3)cc2)nc1. The van der Waals surface area contributed by atoms with Crippen molar-refractivity contribution >= 4 is 6.09 Å². The summed E-state index contributed by atoms with van der Waals surface area (Å²) in [5, 5.41) is 0. The Kier molecular flexibility index (Phi) is 6.29. The lowest BCUT2D eigenvalue weighted by molar-refractivity contribution is 0.107. The van der Waals surface area contributed by atoms with Crippen molar-refractivity contribution < 1.29 is 9.53 Å². The second-order valence-electron chi connectivity index (χ2n) is 7.48. The van der Waals surface area contributed by atoms with Crippen LogP contribution in [0.5, 0.6) is 5.75 Å². The first kappa shape index (κ1) is 20.0. The van der Waals surface area contributed by atoms with Gasteiger partial charge in [-0.2, -0.15) is 0 Å².